The number of nitrogens with one attached hydrogen (secondary N) is 1. The van der Waals surface area contributed by atoms with Crippen LogP contribution in [0.25, 0.3) is 0 Å². The predicted octanol–water partition coefficient (Wildman–Crippen LogP) is 1.85. The van der Waals surface area contributed by atoms with Gasteiger partial charge >= 0.3 is 0 Å². The van der Waals surface area contributed by atoms with E-state index >= 15 is 0 Å². The Kier molecular flexibility index (Phi) is 6.31. The smallest absolute Gasteiger partial charge is 0.237 e. The van der Waals surface area contributed by atoms with Crippen molar-refractivity contribution in [1.29, 1.82) is 0 Å². The second-order valence-corrected chi connectivity index (χ2v) is 6.46. The summed E-state index contributed by atoms with van der Waals surface area (Å²) >= 11 is 0. The molecule has 2 amide bonds. The Labute approximate surface area is 148 Å². The maximum Gasteiger partial charge on any atom is 0.237 e. The van der Waals surface area contributed by atoms with Gasteiger partial charge in [0.15, 0.2) is 0 Å². The summed E-state index contributed by atoms with van der Waals surface area (Å²) in [6, 6.07) is 19.0. The summed E-state index contributed by atoms with van der Waals surface area (Å²) in [5, 5.41) is 3.07. The van der Waals surface area contributed by atoms with E-state index in [0.29, 0.717) is 6.42 Å². The molecule has 0 aromatic heterocycles. The number of amides is 2. The molecule has 2 atom stereocenters. The molecule has 5 N–H and O–H groups in total. The zero-order valence-corrected chi connectivity index (χ0v) is 14.4. The number of rotatable bonds is 8. The van der Waals surface area contributed by atoms with Gasteiger partial charge in [0, 0.05) is 6.42 Å². The Hall–Kier alpha value is -2.66. The zero-order chi connectivity index (χ0) is 18.3. The molecule has 0 heterocycles. The first-order chi connectivity index (χ1) is 11.9. The van der Waals surface area contributed by atoms with Crippen LogP contribution in [0.5, 0.6) is 0 Å². The van der Waals surface area contributed by atoms with Gasteiger partial charge in [0.2, 0.25) is 11.8 Å². The van der Waals surface area contributed by atoms with Crippen molar-refractivity contribution >= 4 is 11.8 Å². The summed E-state index contributed by atoms with van der Waals surface area (Å²) in [5.74, 6) is -0.748. The first-order valence-electron chi connectivity index (χ1n) is 8.36. The molecule has 25 heavy (non-hydrogen) atoms. The third kappa shape index (κ3) is 5.43. The number of primary amides is 1. The Morgan fingerprint density at radius 3 is 2.16 bits per heavy atom. The lowest BCUT2D eigenvalue weighted by molar-refractivity contribution is -0.124. The lowest BCUT2D eigenvalue weighted by atomic mass is 9.85. The lowest BCUT2D eigenvalue weighted by Gasteiger charge is -2.33. The van der Waals surface area contributed by atoms with Gasteiger partial charge in [-0.2, -0.15) is 0 Å². The molecule has 0 spiro atoms. The van der Waals surface area contributed by atoms with Crippen molar-refractivity contribution in [2.24, 2.45) is 11.5 Å². The molecule has 0 radical (unpaired) electrons. The molecule has 0 aliphatic rings. The van der Waals surface area contributed by atoms with Crippen molar-refractivity contribution in [3.63, 3.8) is 0 Å². The van der Waals surface area contributed by atoms with E-state index in [1.54, 1.807) is 0 Å². The number of hydrogen-bond donors (Lipinski definition) is 3. The highest BCUT2D eigenvalue weighted by Crippen LogP contribution is 2.25. The zero-order valence-electron chi connectivity index (χ0n) is 14.4. The van der Waals surface area contributed by atoms with Gasteiger partial charge in [-0.15, -0.1) is 0 Å². The van der Waals surface area contributed by atoms with Crippen LogP contribution >= 0.6 is 0 Å². The number of carbonyl (C=O) groups is 2. The van der Waals surface area contributed by atoms with E-state index in [1.165, 1.54) is 0 Å². The fourth-order valence-corrected chi connectivity index (χ4v) is 2.82. The van der Waals surface area contributed by atoms with Crippen LogP contribution in [0, 0.1) is 0 Å². The molecule has 0 aliphatic heterocycles. The monoisotopic (exact) mass is 339 g/mol. The molecule has 2 aromatic carbocycles. The van der Waals surface area contributed by atoms with Gasteiger partial charge in [0.25, 0.3) is 0 Å². The van der Waals surface area contributed by atoms with E-state index < -0.39 is 17.5 Å². The Balaban J connectivity index is 2.20. The van der Waals surface area contributed by atoms with Crippen molar-refractivity contribution in [1.82, 2.24) is 5.32 Å². The van der Waals surface area contributed by atoms with Gasteiger partial charge in [-0.1, -0.05) is 60.7 Å². The fourth-order valence-electron chi connectivity index (χ4n) is 2.82. The molecular weight excluding hydrogens is 314 g/mol. The number of nitrogens with two attached hydrogens (primary N) is 2. The summed E-state index contributed by atoms with van der Waals surface area (Å²) < 4.78 is 0. The van der Waals surface area contributed by atoms with Gasteiger partial charge < -0.3 is 16.8 Å². The molecule has 0 saturated carbocycles. The molecule has 1 unspecified atom stereocenters. The second kappa shape index (κ2) is 8.44. The van der Waals surface area contributed by atoms with E-state index in [4.69, 9.17) is 11.5 Å². The molecule has 5 nitrogen and oxygen atoms in total. The van der Waals surface area contributed by atoms with Crippen LogP contribution in [0.3, 0.4) is 0 Å². The van der Waals surface area contributed by atoms with Crippen LogP contribution in [0.1, 0.15) is 30.9 Å². The SMILES string of the molecule is CC(Cc1ccccc1)(NC(=O)[C@H](N)CCC(N)=O)c1ccccc1. The highest BCUT2D eigenvalue weighted by atomic mass is 16.2. The lowest BCUT2D eigenvalue weighted by Crippen LogP contribution is -2.51. The van der Waals surface area contributed by atoms with E-state index in [2.05, 4.69) is 5.32 Å². The third-order valence-corrected chi connectivity index (χ3v) is 4.25. The quantitative estimate of drug-likeness (QED) is 0.684. The van der Waals surface area contributed by atoms with Gasteiger partial charge in [-0.05, 0) is 30.9 Å². The minimum Gasteiger partial charge on any atom is -0.370 e. The van der Waals surface area contributed by atoms with Crippen LogP contribution in [0.2, 0.25) is 0 Å². The van der Waals surface area contributed by atoms with Crippen LogP contribution in [-0.4, -0.2) is 17.9 Å². The van der Waals surface area contributed by atoms with Crippen LogP contribution in [-0.2, 0) is 21.5 Å². The maximum absolute atomic E-state index is 12.5. The molecule has 0 aliphatic carbocycles. The van der Waals surface area contributed by atoms with Crippen molar-refractivity contribution in [3.05, 3.63) is 71.8 Å². The average Bonchev–Trinajstić information content (AvgIpc) is 2.61. The maximum atomic E-state index is 12.5. The van der Waals surface area contributed by atoms with Gasteiger partial charge in [0.05, 0.1) is 11.6 Å². The normalized spacial score (nSPS) is 14.3. The molecule has 2 aromatic rings. The van der Waals surface area contributed by atoms with Gasteiger partial charge in [-0.25, -0.2) is 0 Å². The van der Waals surface area contributed by atoms with Crippen molar-refractivity contribution < 1.29 is 9.59 Å². The molecular formula is C20H25N3O2. The Bertz CT molecular complexity index is 703. The average molecular weight is 339 g/mol. The van der Waals surface area contributed by atoms with E-state index in [0.717, 1.165) is 11.1 Å². The van der Waals surface area contributed by atoms with Crippen molar-refractivity contribution in [3.8, 4) is 0 Å². The minimum atomic E-state index is -0.772. The molecule has 132 valence electrons. The topological polar surface area (TPSA) is 98.2 Å². The molecule has 2 rings (SSSR count). The summed E-state index contributed by atoms with van der Waals surface area (Å²) in [6.07, 6.45) is 0.957. The van der Waals surface area contributed by atoms with E-state index in [9.17, 15) is 9.59 Å². The Morgan fingerprint density at radius 1 is 1.04 bits per heavy atom. The highest BCUT2D eigenvalue weighted by molar-refractivity contribution is 5.83. The highest BCUT2D eigenvalue weighted by Gasteiger charge is 2.30. The van der Waals surface area contributed by atoms with Crippen LogP contribution < -0.4 is 16.8 Å². The number of carbonyl (C=O) groups excluding carboxylic acids is 2. The second-order valence-electron chi connectivity index (χ2n) is 6.46. The first kappa shape index (κ1) is 18.7. The summed E-state index contributed by atoms with van der Waals surface area (Å²) in [5.41, 5.74) is 12.6. The fraction of sp³-hybridized carbons (Fsp3) is 0.300. The van der Waals surface area contributed by atoms with Gasteiger partial charge in [0.1, 0.15) is 0 Å². The van der Waals surface area contributed by atoms with Crippen LogP contribution in [0.15, 0.2) is 60.7 Å². The summed E-state index contributed by atoms with van der Waals surface area (Å²) in [4.78, 5) is 23.5. The van der Waals surface area contributed by atoms with Crippen molar-refractivity contribution in [2.75, 3.05) is 0 Å². The predicted molar refractivity (Wildman–Crippen MR) is 98.5 cm³/mol. The summed E-state index contributed by atoms with van der Waals surface area (Å²) in [6.45, 7) is 1.98. The summed E-state index contributed by atoms with van der Waals surface area (Å²) in [7, 11) is 0. The molecule has 0 saturated heterocycles. The minimum absolute atomic E-state index is 0.0926. The molecule has 0 fully saturated rings. The standard InChI is InChI=1S/C20H25N3O2/c1-20(16-10-6-3-7-11-16,14-15-8-4-2-5-9-15)23-19(25)17(21)12-13-18(22)24/h2-11,17H,12-14,21H2,1H3,(H2,22,24)(H,23,25)/t17-,20?/m1/s1. The number of hydrogen-bond acceptors (Lipinski definition) is 3. The van der Waals surface area contributed by atoms with Gasteiger partial charge in [-0.3, -0.25) is 9.59 Å². The molecule has 5 heteroatoms. The Morgan fingerprint density at radius 2 is 1.60 bits per heavy atom. The van der Waals surface area contributed by atoms with Crippen LogP contribution in [0.4, 0.5) is 0 Å². The van der Waals surface area contributed by atoms with Crippen molar-refractivity contribution in [2.45, 2.75) is 37.8 Å². The number of benzene rings is 2. The van der Waals surface area contributed by atoms with E-state index in [1.807, 2.05) is 67.6 Å². The van der Waals surface area contributed by atoms with E-state index in [-0.39, 0.29) is 18.7 Å². The third-order valence-electron chi connectivity index (χ3n) is 4.25. The first-order valence-corrected chi connectivity index (χ1v) is 8.36. The molecule has 0 bridgehead atoms. The largest absolute Gasteiger partial charge is 0.370 e.